The van der Waals surface area contributed by atoms with Crippen LogP contribution in [0.1, 0.15) is 28.3 Å². The summed E-state index contributed by atoms with van der Waals surface area (Å²) in [5, 5.41) is 2.86. The van der Waals surface area contributed by atoms with Crippen molar-refractivity contribution >= 4 is 17.5 Å². The molecule has 142 valence electrons. The van der Waals surface area contributed by atoms with E-state index in [4.69, 9.17) is 11.5 Å². The van der Waals surface area contributed by atoms with Gasteiger partial charge in [-0.25, -0.2) is 0 Å². The summed E-state index contributed by atoms with van der Waals surface area (Å²) >= 11 is 0. The molecule has 2 atom stereocenters. The third kappa shape index (κ3) is 4.93. The second-order valence-corrected chi connectivity index (χ2v) is 7.01. The van der Waals surface area contributed by atoms with Gasteiger partial charge in [0.05, 0.1) is 0 Å². The molecule has 0 aromatic heterocycles. The number of carbonyl (C=O) groups is 2. The molecular formula is C21H26N4O2. The van der Waals surface area contributed by atoms with Crippen LogP contribution in [0, 0.1) is 5.92 Å². The van der Waals surface area contributed by atoms with E-state index in [9.17, 15) is 9.59 Å². The zero-order valence-electron chi connectivity index (χ0n) is 15.3. The Hall–Kier alpha value is -2.70. The van der Waals surface area contributed by atoms with E-state index in [1.54, 1.807) is 24.3 Å². The molecule has 1 heterocycles. The Morgan fingerprint density at radius 3 is 2.37 bits per heavy atom. The minimum Gasteiger partial charge on any atom is -0.366 e. The van der Waals surface area contributed by atoms with Crippen molar-refractivity contribution in [2.75, 3.05) is 31.5 Å². The van der Waals surface area contributed by atoms with Crippen LogP contribution in [0.4, 0.5) is 5.69 Å². The minimum absolute atomic E-state index is 0.0470. The van der Waals surface area contributed by atoms with E-state index >= 15 is 0 Å². The minimum atomic E-state index is -0.482. The van der Waals surface area contributed by atoms with Crippen LogP contribution in [0.25, 0.3) is 0 Å². The van der Waals surface area contributed by atoms with Gasteiger partial charge in [0.25, 0.3) is 0 Å². The first-order valence-corrected chi connectivity index (χ1v) is 9.24. The molecular weight excluding hydrogens is 340 g/mol. The van der Waals surface area contributed by atoms with Crippen molar-refractivity contribution in [2.24, 2.45) is 17.4 Å². The van der Waals surface area contributed by atoms with Gasteiger partial charge in [0.15, 0.2) is 0 Å². The zero-order chi connectivity index (χ0) is 19.2. The number of hydrogen-bond donors (Lipinski definition) is 3. The number of likely N-dealkylation sites (tertiary alicyclic amines) is 1. The molecule has 2 aromatic carbocycles. The lowest BCUT2D eigenvalue weighted by molar-refractivity contribution is -0.116. The van der Waals surface area contributed by atoms with E-state index in [0.717, 1.165) is 13.1 Å². The highest BCUT2D eigenvalue weighted by Crippen LogP contribution is 2.31. The van der Waals surface area contributed by atoms with Gasteiger partial charge in [-0.2, -0.15) is 0 Å². The molecule has 1 saturated heterocycles. The molecule has 27 heavy (non-hydrogen) atoms. The number of benzene rings is 2. The number of nitrogens with one attached hydrogen (secondary N) is 1. The number of rotatable bonds is 7. The first-order valence-electron chi connectivity index (χ1n) is 9.24. The summed E-state index contributed by atoms with van der Waals surface area (Å²) < 4.78 is 0. The van der Waals surface area contributed by atoms with Crippen LogP contribution in [0.5, 0.6) is 0 Å². The van der Waals surface area contributed by atoms with Gasteiger partial charge < -0.3 is 21.7 Å². The van der Waals surface area contributed by atoms with E-state index in [1.165, 1.54) is 5.56 Å². The Morgan fingerprint density at radius 2 is 1.74 bits per heavy atom. The van der Waals surface area contributed by atoms with Crippen LogP contribution in [-0.2, 0) is 4.79 Å². The smallest absolute Gasteiger partial charge is 0.248 e. The Balaban J connectivity index is 1.51. The number of nitrogens with two attached hydrogens (primary N) is 2. The summed E-state index contributed by atoms with van der Waals surface area (Å²) in [4.78, 5) is 25.6. The standard InChI is InChI=1S/C21H26N4O2/c22-12-17-13-25(14-19(17)15-4-2-1-3-5-15)11-10-20(26)24-18-8-6-16(7-9-18)21(23)27/h1-9,17,19H,10-14,22H2,(H2,23,27)(H,24,26)/t17-,19+/m1/s1. The van der Waals surface area contributed by atoms with Crippen molar-refractivity contribution in [1.29, 1.82) is 0 Å². The Kier molecular flexibility index (Phi) is 6.21. The number of amides is 2. The van der Waals surface area contributed by atoms with Crippen molar-refractivity contribution in [1.82, 2.24) is 4.90 Å². The molecule has 5 N–H and O–H groups in total. The van der Waals surface area contributed by atoms with Gasteiger partial charge in [-0.05, 0) is 42.3 Å². The molecule has 6 nitrogen and oxygen atoms in total. The third-order valence-electron chi connectivity index (χ3n) is 5.16. The Morgan fingerprint density at radius 1 is 1.04 bits per heavy atom. The fourth-order valence-electron chi connectivity index (χ4n) is 3.66. The molecule has 6 heteroatoms. The molecule has 0 bridgehead atoms. The maximum Gasteiger partial charge on any atom is 0.248 e. The highest BCUT2D eigenvalue weighted by atomic mass is 16.2. The topological polar surface area (TPSA) is 101 Å². The average Bonchev–Trinajstić information content (AvgIpc) is 3.11. The third-order valence-corrected chi connectivity index (χ3v) is 5.16. The number of carbonyl (C=O) groups excluding carboxylic acids is 2. The molecule has 0 unspecified atom stereocenters. The van der Waals surface area contributed by atoms with Crippen molar-refractivity contribution < 1.29 is 9.59 Å². The molecule has 0 spiro atoms. The van der Waals surface area contributed by atoms with Gasteiger partial charge in [0.2, 0.25) is 11.8 Å². The largest absolute Gasteiger partial charge is 0.366 e. The zero-order valence-corrected chi connectivity index (χ0v) is 15.3. The lowest BCUT2D eigenvalue weighted by Gasteiger charge is -2.16. The lowest BCUT2D eigenvalue weighted by Crippen LogP contribution is -2.27. The van der Waals surface area contributed by atoms with Gasteiger partial charge >= 0.3 is 0 Å². The van der Waals surface area contributed by atoms with E-state index in [2.05, 4.69) is 34.5 Å². The van der Waals surface area contributed by atoms with Gasteiger partial charge in [0, 0.05) is 43.2 Å². The summed E-state index contributed by atoms with van der Waals surface area (Å²) in [5.74, 6) is 0.302. The van der Waals surface area contributed by atoms with Crippen molar-refractivity contribution in [3.63, 3.8) is 0 Å². The second kappa shape index (κ2) is 8.79. The molecule has 0 saturated carbocycles. The van der Waals surface area contributed by atoms with E-state index < -0.39 is 5.91 Å². The van der Waals surface area contributed by atoms with Gasteiger partial charge in [-0.1, -0.05) is 30.3 Å². The highest BCUT2D eigenvalue weighted by Gasteiger charge is 2.32. The highest BCUT2D eigenvalue weighted by molar-refractivity contribution is 5.94. The van der Waals surface area contributed by atoms with Crippen molar-refractivity contribution in [2.45, 2.75) is 12.3 Å². The molecule has 3 rings (SSSR count). The van der Waals surface area contributed by atoms with Crippen LogP contribution in [0.2, 0.25) is 0 Å². The van der Waals surface area contributed by atoms with Crippen molar-refractivity contribution in [3.05, 3.63) is 65.7 Å². The fourth-order valence-corrected chi connectivity index (χ4v) is 3.66. The predicted octanol–water partition coefficient (Wildman–Crippen LogP) is 1.79. The first kappa shape index (κ1) is 19.1. The molecule has 1 aliphatic heterocycles. The van der Waals surface area contributed by atoms with Crippen LogP contribution in [0.3, 0.4) is 0 Å². The summed E-state index contributed by atoms with van der Waals surface area (Å²) in [6.07, 6.45) is 0.413. The quantitative estimate of drug-likeness (QED) is 0.695. The van der Waals surface area contributed by atoms with E-state index in [-0.39, 0.29) is 5.91 Å². The van der Waals surface area contributed by atoms with Crippen LogP contribution < -0.4 is 16.8 Å². The summed E-state index contributed by atoms with van der Waals surface area (Å²) in [5.41, 5.74) is 13.6. The second-order valence-electron chi connectivity index (χ2n) is 7.01. The monoisotopic (exact) mass is 366 g/mol. The van der Waals surface area contributed by atoms with Crippen LogP contribution in [0.15, 0.2) is 54.6 Å². The Labute approximate surface area is 159 Å². The number of hydrogen-bond acceptors (Lipinski definition) is 4. The SMILES string of the molecule is NC[C@@H]1CN(CCC(=O)Nc2ccc(C(N)=O)cc2)C[C@H]1c1ccccc1. The van der Waals surface area contributed by atoms with Gasteiger partial charge in [-0.15, -0.1) is 0 Å². The summed E-state index contributed by atoms with van der Waals surface area (Å²) in [6.45, 7) is 3.18. The van der Waals surface area contributed by atoms with E-state index in [1.807, 2.05) is 6.07 Å². The molecule has 2 amide bonds. The predicted molar refractivity (Wildman–Crippen MR) is 106 cm³/mol. The van der Waals surface area contributed by atoms with Crippen molar-refractivity contribution in [3.8, 4) is 0 Å². The molecule has 2 aromatic rings. The number of nitrogens with zero attached hydrogens (tertiary/aromatic N) is 1. The van der Waals surface area contributed by atoms with E-state index in [0.29, 0.717) is 42.6 Å². The fraction of sp³-hybridized carbons (Fsp3) is 0.333. The van der Waals surface area contributed by atoms with Gasteiger partial charge in [0.1, 0.15) is 0 Å². The molecule has 1 fully saturated rings. The van der Waals surface area contributed by atoms with Gasteiger partial charge in [-0.3, -0.25) is 9.59 Å². The average molecular weight is 366 g/mol. The number of primary amides is 1. The number of anilines is 1. The summed E-state index contributed by atoms with van der Waals surface area (Å²) in [6, 6.07) is 17.0. The first-order chi connectivity index (χ1) is 13.1. The Bertz CT molecular complexity index is 777. The molecule has 0 aliphatic carbocycles. The molecule has 1 aliphatic rings. The summed E-state index contributed by atoms with van der Waals surface area (Å²) in [7, 11) is 0. The lowest BCUT2D eigenvalue weighted by atomic mass is 9.89. The molecule has 0 radical (unpaired) electrons. The van der Waals surface area contributed by atoms with Crippen LogP contribution in [-0.4, -0.2) is 42.9 Å². The normalized spacial score (nSPS) is 19.7. The maximum absolute atomic E-state index is 12.2. The van der Waals surface area contributed by atoms with Crippen LogP contribution >= 0.6 is 0 Å². The maximum atomic E-state index is 12.2.